The molecule has 0 saturated heterocycles. The molecule has 3 nitrogen and oxygen atoms in total. The predicted octanol–water partition coefficient (Wildman–Crippen LogP) is 4.38. The largest absolute Gasteiger partial charge is 0.486 e. The highest BCUT2D eigenvalue weighted by atomic mass is 35.5. The number of aryl methyl sites for hydroxylation is 1. The molecule has 1 aliphatic heterocycles. The van der Waals surface area contributed by atoms with Crippen molar-refractivity contribution in [1.82, 2.24) is 0 Å². The average molecular weight is 321 g/mol. The molecule has 1 aromatic heterocycles. The Balaban J connectivity index is 1.83. The number of thiophene rings is 1. The molecule has 3 rings (SSSR count). The second-order valence-corrected chi connectivity index (χ2v) is 6.33. The summed E-state index contributed by atoms with van der Waals surface area (Å²) in [5.74, 6) is 1.17. The predicted molar refractivity (Wildman–Crippen MR) is 84.9 cm³/mol. The van der Waals surface area contributed by atoms with Crippen LogP contribution in [0.3, 0.4) is 0 Å². The zero-order valence-electron chi connectivity index (χ0n) is 11.4. The first-order valence-corrected chi connectivity index (χ1v) is 7.71. The fourth-order valence-corrected chi connectivity index (χ4v) is 3.11. The van der Waals surface area contributed by atoms with Crippen LogP contribution in [0.1, 0.15) is 20.1 Å². The van der Waals surface area contributed by atoms with Crippen LogP contribution in [0.2, 0.25) is 5.02 Å². The summed E-state index contributed by atoms with van der Waals surface area (Å²) >= 11 is 7.65. The van der Waals surface area contributed by atoms with Crippen molar-refractivity contribution < 1.29 is 14.3 Å². The van der Waals surface area contributed by atoms with Gasteiger partial charge in [-0.25, -0.2) is 0 Å². The Morgan fingerprint density at radius 1 is 1.29 bits per heavy atom. The van der Waals surface area contributed by atoms with Gasteiger partial charge in [-0.05, 0) is 42.8 Å². The van der Waals surface area contributed by atoms with Gasteiger partial charge < -0.3 is 9.47 Å². The maximum absolute atomic E-state index is 12.0. The maximum atomic E-state index is 12.0. The molecule has 2 heterocycles. The first kappa shape index (κ1) is 14.2. The third-order valence-corrected chi connectivity index (χ3v) is 4.33. The van der Waals surface area contributed by atoms with E-state index < -0.39 is 0 Å². The first-order valence-electron chi connectivity index (χ1n) is 6.51. The van der Waals surface area contributed by atoms with Crippen molar-refractivity contribution in [3.05, 3.63) is 50.7 Å². The van der Waals surface area contributed by atoms with E-state index in [-0.39, 0.29) is 5.78 Å². The quantitative estimate of drug-likeness (QED) is 0.622. The minimum atomic E-state index is -0.0147. The Morgan fingerprint density at radius 2 is 2.10 bits per heavy atom. The Hall–Kier alpha value is -1.78. The lowest BCUT2D eigenvalue weighted by Crippen LogP contribution is -2.15. The molecule has 0 N–H and O–H groups in total. The minimum absolute atomic E-state index is 0.0147. The number of rotatable bonds is 3. The average Bonchev–Trinajstić information content (AvgIpc) is 2.91. The number of allylic oxidation sites excluding steroid dienone is 1. The summed E-state index contributed by atoms with van der Waals surface area (Å²) in [6.07, 6.45) is 3.29. The van der Waals surface area contributed by atoms with Gasteiger partial charge >= 0.3 is 0 Å². The van der Waals surface area contributed by atoms with Gasteiger partial charge in [-0.3, -0.25) is 4.79 Å². The van der Waals surface area contributed by atoms with Gasteiger partial charge in [0, 0.05) is 4.88 Å². The molecule has 0 atom stereocenters. The summed E-state index contributed by atoms with van der Waals surface area (Å²) < 4.78 is 11.0. The summed E-state index contributed by atoms with van der Waals surface area (Å²) in [5.41, 5.74) is 0.811. The van der Waals surface area contributed by atoms with Gasteiger partial charge in [0.1, 0.15) is 13.2 Å². The first-order chi connectivity index (χ1) is 10.1. The van der Waals surface area contributed by atoms with Crippen molar-refractivity contribution in [3.8, 4) is 11.5 Å². The van der Waals surface area contributed by atoms with Crippen LogP contribution in [0.25, 0.3) is 6.08 Å². The topological polar surface area (TPSA) is 35.5 Å². The molecule has 0 radical (unpaired) electrons. The Labute approximate surface area is 131 Å². The van der Waals surface area contributed by atoms with Crippen LogP contribution in [0.4, 0.5) is 0 Å². The number of ether oxygens (including phenoxy) is 2. The SMILES string of the molecule is Cc1ccc(C(=O)/C=C/c2cc(Cl)c3c(c2)OCCO3)s1. The van der Waals surface area contributed by atoms with Crippen LogP contribution in [0.5, 0.6) is 11.5 Å². The van der Waals surface area contributed by atoms with E-state index in [1.165, 1.54) is 11.3 Å². The lowest BCUT2D eigenvalue weighted by molar-refractivity contribution is 0.105. The van der Waals surface area contributed by atoms with Gasteiger partial charge in [0.15, 0.2) is 17.3 Å². The van der Waals surface area contributed by atoms with Crippen LogP contribution in [0.15, 0.2) is 30.3 Å². The molecule has 0 amide bonds. The highest BCUT2D eigenvalue weighted by Crippen LogP contribution is 2.38. The number of hydrogen-bond acceptors (Lipinski definition) is 4. The molecule has 0 spiro atoms. The van der Waals surface area contributed by atoms with E-state index in [1.54, 1.807) is 18.2 Å². The van der Waals surface area contributed by atoms with E-state index in [0.29, 0.717) is 29.7 Å². The molecule has 0 saturated carbocycles. The summed E-state index contributed by atoms with van der Waals surface area (Å²) in [6, 6.07) is 7.36. The van der Waals surface area contributed by atoms with E-state index in [4.69, 9.17) is 21.1 Å². The molecule has 1 aromatic carbocycles. The van der Waals surface area contributed by atoms with E-state index in [9.17, 15) is 4.79 Å². The number of carbonyl (C=O) groups excluding carboxylic acids is 1. The number of ketones is 1. The van der Waals surface area contributed by atoms with Crippen LogP contribution in [0, 0.1) is 6.92 Å². The maximum Gasteiger partial charge on any atom is 0.195 e. The summed E-state index contributed by atoms with van der Waals surface area (Å²) in [6.45, 7) is 2.98. The smallest absolute Gasteiger partial charge is 0.195 e. The molecule has 5 heteroatoms. The van der Waals surface area contributed by atoms with Crippen molar-refractivity contribution in [2.75, 3.05) is 13.2 Å². The summed E-state index contributed by atoms with van der Waals surface area (Å²) in [4.78, 5) is 13.9. The Kier molecular flexibility index (Phi) is 3.99. The van der Waals surface area contributed by atoms with Crippen molar-refractivity contribution >= 4 is 34.8 Å². The molecule has 108 valence electrons. The van der Waals surface area contributed by atoms with Crippen LogP contribution in [-0.2, 0) is 0 Å². The van der Waals surface area contributed by atoms with Crippen molar-refractivity contribution in [1.29, 1.82) is 0 Å². The van der Waals surface area contributed by atoms with Gasteiger partial charge in [-0.15, -0.1) is 11.3 Å². The Morgan fingerprint density at radius 3 is 2.86 bits per heavy atom. The highest BCUT2D eigenvalue weighted by Gasteiger charge is 2.16. The van der Waals surface area contributed by atoms with E-state index in [2.05, 4.69) is 0 Å². The van der Waals surface area contributed by atoms with Gasteiger partial charge in [-0.1, -0.05) is 17.7 Å². The molecule has 0 bridgehead atoms. The van der Waals surface area contributed by atoms with E-state index in [1.807, 2.05) is 25.1 Å². The second kappa shape index (κ2) is 5.92. The lowest BCUT2D eigenvalue weighted by Gasteiger charge is -2.19. The standard InChI is InChI=1S/C16H13ClO3S/c1-10-2-5-15(21-10)13(18)4-3-11-8-12(17)16-14(9-11)19-6-7-20-16/h2-5,8-9H,6-7H2,1H3/b4-3+. The monoisotopic (exact) mass is 320 g/mol. The van der Waals surface area contributed by atoms with Gasteiger partial charge in [0.2, 0.25) is 0 Å². The molecular formula is C16H13ClO3S. The van der Waals surface area contributed by atoms with E-state index in [0.717, 1.165) is 15.3 Å². The fourth-order valence-electron chi connectivity index (χ4n) is 2.05. The van der Waals surface area contributed by atoms with Gasteiger partial charge in [0.05, 0.1) is 9.90 Å². The Bertz CT molecular complexity index is 718. The number of hydrogen-bond donors (Lipinski definition) is 0. The molecule has 2 aromatic rings. The number of carbonyl (C=O) groups is 1. The fraction of sp³-hybridized carbons (Fsp3) is 0.188. The van der Waals surface area contributed by atoms with Crippen LogP contribution in [-0.4, -0.2) is 19.0 Å². The number of benzene rings is 1. The van der Waals surface area contributed by atoms with Crippen molar-refractivity contribution in [2.45, 2.75) is 6.92 Å². The number of fused-ring (bicyclic) bond motifs is 1. The van der Waals surface area contributed by atoms with Crippen molar-refractivity contribution in [3.63, 3.8) is 0 Å². The summed E-state index contributed by atoms with van der Waals surface area (Å²) in [7, 11) is 0. The molecule has 1 aliphatic rings. The van der Waals surface area contributed by atoms with E-state index >= 15 is 0 Å². The lowest BCUT2D eigenvalue weighted by atomic mass is 10.1. The van der Waals surface area contributed by atoms with Gasteiger partial charge in [-0.2, -0.15) is 0 Å². The highest BCUT2D eigenvalue weighted by molar-refractivity contribution is 7.14. The number of halogens is 1. The zero-order valence-corrected chi connectivity index (χ0v) is 13.0. The third kappa shape index (κ3) is 3.12. The van der Waals surface area contributed by atoms with Crippen LogP contribution >= 0.6 is 22.9 Å². The molecule has 0 unspecified atom stereocenters. The summed E-state index contributed by atoms with van der Waals surface area (Å²) in [5, 5.41) is 0.492. The molecular weight excluding hydrogens is 308 g/mol. The second-order valence-electron chi connectivity index (χ2n) is 4.63. The minimum Gasteiger partial charge on any atom is -0.486 e. The van der Waals surface area contributed by atoms with Crippen molar-refractivity contribution in [2.24, 2.45) is 0 Å². The normalized spacial score (nSPS) is 13.6. The molecule has 21 heavy (non-hydrogen) atoms. The van der Waals surface area contributed by atoms with Crippen LogP contribution < -0.4 is 9.47 Å². The van der Waals surface area contributed by atoms with Gasteiger partial charge in [0.25, 0.3) is 0 Å². The zero-order chi connectivity index (χ0) is 14.8. The molecule has 0 aliphatic carbocycles. The third-order valence-electron chi connectivity index (χ3n) is 3.03. The molecule has 0 fully saturated rings.